The van der Waals surface area contributed by atoms with Crippen LogP contribution in [0.5, 0.6) is 0 Å². The van der Waals surface area contributed by atoms with Gasteiger partial charge in [-0.3, -0.25) is 4.79 Å². The summed E-state index contributed by atoms with van der Waals surface area (Å²) < 4.78 is 0. The van der Waals surface area contributed by atoms with E-state index in [1.54, 1.807) is 0 Å². The van der Waals surface area contributed by atoms with Crippen molar-refractivity contribution in [2.24, 2.45) is 0 Å². The monoisotopic (exact) mass is 212 g/mol. The summed E-state index contributed by atoms with van der Waals surface area (Å²) in [6.45, 7) is 3.84. The van der Waals surface area contributed by atoms with Crippen LogP contribution in [0.2, 0.25) is 5.02 Å². The van der Waals surface area contributed by atoms with E-state index in [0.29, 0.717) is 5.02 Å². The molecule has 2 nitrogen and oxygen atoms in total. The lowest BCUT2D eigenvalue weighted by Gasteiger charge is -2.11. The van der Waals surface area contributed by atoms with Crippen molar-refractivity contribution in [2.75, 3.05) is 0 Å². The Morgan fingerprint density at radius 2 is 2.21 bits per heavy atom. The van der Waals surface area contributed by atoms with E-state index in [4.69, 9.17) is 16.7 Å². The zero-order chi connectivity index (χ0) is 10.7. The van der Waals surface area contributed by atoms with Crippen LogP contribution in [0, 0.1) is 6.92 Å². The largest absolute Gasteiger partial charge is 0.481 e. The molecule has 76 valence electrons. The number of halogens is 1. The van der Waals surface area contributed by atoms with Crippen molar-refractivity contribution in [3.8, 4) is 0 Å². The zero-order valence-corrected chi connectivity index (χ0v) is 9.01. The van der Waals surface area contributed by atoms with Gasteiger partial charge in [-0.25, -0.2) is 0 Å². The van der Waals surface area contributed by atoms with Gasteiger partial charge < -0.3 is 5.11 Å². The Hall–Kier alpha value is -1.02. The number of carboxylic acids is 1. The molecular weight excluding hydrogens is 200 g/mol. The number of aliphatic carboxylic acids is 1. The molecule has 0 fully saturated rings. The van der Waals surface area contributed by atoms with Crippen molar-refractivity contribution in [2.45, 2.75) is 26.2 Å². The number of hydrogen-bond donors (Lipinski definition) is 1. The molecule has 0 spiro atoms. The quantitative estimate of drug-likeness (QED) is 0.835. The number of carboxylic acid groups (broad SMARTS) is 1. The smallest absolute Gasteiger partial charge is 0.303 e. The van der Waals surface area contributed by atoms with Gasteiger partial charge >= 0.3 is 5.97 Å². The fraction of sp³-hybridized carbons (Fsp3) is 0.364. The SMILES string of the molecule is Cc1ccc(Cl)c(C(C)CC(=O)O)c1. The van der Waals surface area contributed by atoms with Crippen molar-refractivity contribution in [1.29, 1.82) is 0 Å². The maximum atomic E-state index is 10.5. The summed E-state index contributed by atoms with van der Waals surface area (Å²) in [6, 6.07) is 5.67. The van der Waals surface area contributed by atoms with Crippen molar-refractivity contribution < 1.29 is 9.90 Å². The van der Waals surface area contributed by atoms with Crippen LogP contribution in [0.1, 0.15) is 30.4 Å². The molecule has 0 aromatic heterocycles. The summed E-state index contributed by atoms with van der Waals surface area (Å²) >= 11 is 5.98. The Balaban J connectivity index is 2.93. The summed E-state index contributed by atoms with van der Waals surface area (Å²) in [6.07, 6.45) is 0.114. The third-order valence-electron chi connectivity index (χ3n) is 2.16. The minimum absolute atomic E-state index is 0.0418. The molecule has 0 radical (unpaired) electrons. The van der Waals surface area contributed by atoms with E-state index in [1.165, 1.54) is 0 Å². The number of hydrogen-bond acceptors (Lipinski definition) is 1. The van der Waals surface area contributed by atoms with Crippen LogP contribution in [0.15, 0.2) is 18.2 Å². The van der Waals surface area contributed by atoms with Crippen LogP contribution in [0.25, 0.3) is 0 Å². The van der Waals surface area contributed by atoms with E-state index in [9.17, 15) is 4.79 Å². The molecule has 0 amide bonds. The second-order valence-electron chi connectivity index (χ2n) is 3.52. The molecule has 1 unspecified atom stereocenters. The van der Waals surface area contributed by atoms with Crippen LogP contribution >= 0.6 is 11.6 Å². The van der Waals surface area contributed by atoms with Gasteiger partial charge in [-0.2, -0.15) is 0 Å². The van der Waals surface area contributed by atoms with E-state index in [2.05, 4.69) is 0 Å². The van der Waals surface area contributed by atoms with Gasteiger partial charge in [-0.1, -0.05) is 36.2 Å². The molecule has 0 saturated carbocycles. The number of benzene rings is 1. The van der Waals surface area contributed by atoms with Crippen molar-refractivity contribution in [1.82, 2.24) is 0 Å². The van der Waals surface area contributed by atoms with E-state index in [0.717, 1.165) is 11.1 Å². The molecule has 0 aliphatic rings. The molecule has 3 heteroatoms. The van der Waals surface area contributed by atoms with Gasteiger partial charge in [0.15, 0.2) is 0 Å². The Morgan fingerprint density at radius 1 is 1.57 bits per heavy atom. The molecule has 1 N–H and O–H groups in total. The predicted molar refractivity (Wildman–Crippen MR) is 56.9 cm³/mol. The van der Waals surface area contributed by atoms with Gasteiger partial charge in [0.1, 0.15) is 0 Å². The molecule has 1 aromatic carbocycles. The molecule has 0 saturated heterocycles. The maximum absolute atomic E-state index is 10.5. The minimum Gasteiger partial charge on any atom is -0.481 e. The van der Waals surface area contributed by atoms with Crippen molar-refractivity contribution >= 4 is 17.6 Å². The lowest BCUT2D eigenvalue weighted by molar-refractivity contribution is -0.137. The van der Waals surface area contributed by atoms with Gasteiger partial charge in [0, 0.05) is 5.02 Å². The highest BCUT2D eigenvalue weighted by Crippen LogP contribution is 2.27. The molecule has 1 aromatic rings. The van der Waals surface area contributed by atoms with Gasteiger partial charge in [0.05, 0.1) is 6.42 Å². The van der Waals surface area contributed by atoms with Crippen LogP contribution in [0.3, 0.4) is 0 Å². The maximum Gasteiger partial charge on any atom is 0.303 e. The summed E-state index contributed by atoms with van der Waals surface area (Å²) in [7, 11) is 0. The van der Waals surface area contributed by atoms with Gasteiger partial charge in [0.25, 0.3) is 0 Å². The van der Waals surface area contributed by atoms with Crippen LogP contribution in [0.4, 0.5) is 0 Å². The molecule has 14 heavy (non-hydrogen) atoms. The second-order valence-corrected chi connectivity index (χ2v) is 3.93. The topological polar surface area (TPSA) is 37.3 Å². The van der Waals surface area contributed by atoms with E-state index in [1.807, 2.05) is 32.0 Å². The fourth-order valence-corrected chi connectivity index (χ4v) is 1.72. The molecule has 0 bridgehead atoms. The van der Waals surface area contributed by atoms with E-state index in [-0.39, 0.29) is 12.3 Å². The van der Waals surface area contributed by atoms with Crippen LogP contribution < -0.4 is 0 Å². The summed E-state index contributed by atoms with van der Waals surface area (Å²) in [5.74, 6) is -0.838. The van der Waals surface area contributed by atoms with Gasteiger partial charge in [-0.05, 0) is 24.5 Å². The Kier molecular flexibility index (Phi) is 3.53. The Bertz CT molecular complexity index is 347. The molecule has 0 aliphatic carbocycles. The van der Waals surface area contributed by atoms with Crippen LogP contribution in [-0.2, 0) is 4.79 Å². The zero-order valence-electron chi connectivity index (χ0n) is 8.25. The average Bonchev–Trinajstić information content (AvgIpc) is 2.08. The summed E-state index contributed by atoms with van der Waals surface area (Å²) in [4.78, 5) is 10.5. The summed E-state index contributed by atoms with van der Waals surface area (Å²) in [5, 5.41) is 9.31. The molecule has 1 atom stereocenters. The highest BCUT2D eigenvalue weighted by Gasteiger charge is 2.13. The third kappa shape index (κ3) is 2.74. The van der Waals surface area contributed by atoms with Gasteiger partial charge in [-0.15, -0.1) is 0 Å². The molecule has 0 heterocycles. The number of aryl methyl sites for hydroxylation is 1. The van der Waals surface area contributed by atoms with Crippen molar-refractivity contribution in [3.63, 3.8) is 0 Å². The van der Waals surface area contributed by atoms with Crippen molar-refractivity contribution in [3.05, 3.63) is 34.3 Å². The minimum atomic E-state index is -0.796. The highest BCUT2D eigenvalue weighted by molar-refractivity contribution is 6.31. The van der Waals surface area contributed by atoms with E-state index >= 15 is 0 Å². The lowest BCUT2D eigenvalue weighted by Crippen LogP contribution is -2.03. The molecular formula is C11H13ClO2. The second kappa shape index (κ2) is 4.47. The standard InChI is InChI=1S/C11H13ClO2/c1-7-3-4-10(12)9(5-7)8(2)6-11(13)14/h3-5,8H,6H2,1-2H3,(H,13,14). The molecule has 1 rings (SSSR count). The molecule has 0 aliphatic heterocycles. The third-order valence-corrected chi connectivity index (χ3v) is 2.51. The highest BCUT2D eigenvalue weighted by atomic mass is 35.5. The fourth-order valence-electron chi connectivity index (χ4n) is 1.41. The first kappa shape index (κ1) is 11.1. The number of carbonyl (C=O) groups is 1. The average molecular weight is 213 g/mol. The first-order valence-electron chi connectivity index (χ1n) is 4.48. The number of rotatable bonds is 3. The first-order valence-corrected chi connectivity index (χ1v) is 4.86. The first-order chi connectivity index (χ1) is 6.50. The predicted octanol–water partition coefficient (Wildman–Crippen LogP) is 3.23. The van der Waals surface area contributed by atoms with Crippen LogP contribution in [-0.4, -0.2) is 11.1 Å². The Labute approximate surface area is 88.5 Å². The van der Waals surface area contributed by atoms with E-state index < -0.39 is 5.97 Å². The Morgan fingerprint density at radius 3 is 2.79 bits per heavy atom. The lowest BCUT2D eigenvalue weighted by atomic mass is 9.96. The summed E-state index contributed by atoms with van der Waals surface area (Å²) in [5.41, 5.74) is 2.01. The normalized spacial score (nSPS) is 12.5. The van der Waals surface area contributed by atoms with Gasteiger partial charge in [0.2, 0.25) is 0 Å².